The summed E-state index contributed by atoms with van der Waals surface area (Å²) < 4.78 is 0. The number of alkyl halides is 2. The van der Waals surface area contributed by atoms with Gasteiger partial charge in [0.15, 0.2) is 0 Å². The number of benzene rings is 4. The third-order valence-electron chi connectivity index (χ3n) is 7.90. The van der Waals surface area contributed by atoms with Gasteiger partial charge < -0.3 is 0 Å². The predicted molar refractivity (Wildman–Crippen MR) is 150 cm³/mol. The van der Waals surface area contributed by atoms with E-state index in [1.807, 2.05) is 12.1 Å². The molecule has 0 aliphatic heterocycles. The van der Waals surface area contributed by atoms with Crippen LogP contribution in [0.3, 0.4) is 0 Å². The number of hydrogen-bond donors (Lipinski definition) is 0. The Bertz CT molecular complexity index is 1370. The lowest BCUT2D eigenvalue weighted by molar-refractivity contribution is 0.242. The van der Waals surface area contributed by atoms with Crippen molar-refractivity contribution in [2.24, 2.45) is 5.41 Å². The van der Waals surface area contributed by atoms with Crippen molar-refractivity contribution in [3.05, 3.63) is 143 Å². The highest BCUT2D eigenvalue weighted by atomic mass is 35.5. The standard InChI is InChI=1S/C33H26Cl2/c1-31(2,32(34)27-19-11-9-17-25(27)21-29(32)23-13-5-3-6-14-23)33(35)28-20-12-10-18-26(28)22-30(33)24-15-7-4-8-16-24/h3-22H,1-2H3. The van der Waals surface area contributed by atoms with Gasteiger partial charge in [-0.05, 0) is 56.7 Å². The molecule has 2 heteroatoms. The molecule has 6 rings (SSSR count). The maximum absolute atomic E-state index is 8.00. The van der Waals surface area contributed by atoms with Gasteiger partial charge in [-0.3, -0.25) is 0 Å². The molecule has 4 aromatic rings. The highest BCUT2D eigenvalue weighted by Crippen LogP contribution is 2.70. The number of rotatable bonds is 4. The zero-order valence-corrected chi connectivity index (χ0v) is 21.3. The van der Waals surface area contributed by atoms with Gasteiger partial charge in [0.2, 0.25) is 0 Å². The van der Waals surface area contributed by atoms with Crippen LogP contribution in [0.2, 0.25) is 0 Å². The van der Waals surface area contributed by atoms with Gasteiger partial charge in [0, 0.05) is 5.41 Å². The lowest BCUT2D eigenvalue weighted by atomic mass is 9.60. The SMILES string of the molecule is CC(C)(C1(Cl)C(c2ccccc2)=Cc2ccccc21)C1(Cl)C(c2ccccc2)=Cc2ccccc21. The van der Waals surface area contributed by atoms with Crippen molar-refractivity contribution in [3.8, 4) is 0 Å². The van der Waals surface area contributed by atoms with Crippen molar-refractivity contribution in [2.75, 3.05) is 0 Å². The fourth-order valence-electron chi connectivity index (χ4n) is 6.06. The van der Waals surface area contributed by atoms with E-state index in [0.29, 0.717) is 0 Å². The van der Waals surface area contributed by atoms with E-state index in [9.17, 15) is 0 Å². The Morgan fingerprint density at radius 2 is 0.829 bits per heavy atom. The van der Waals surface area contributed by atoms with Gasteiger partial charge >= 0.3 is 0 Å². The molecule has 0 saturated carbocycles. The lowest BCUT2D eigenvalue weighted by Gasteiger charge is -2.52. The predicted octanol–water partition coefficient (Wildman–Crippen LogP) is 9.39. The largest absolute Gasteiger partial charge is 0.108 e. The monoisotopic (exact) mass is 492 g/mol. The van der Waals surface area contributed by atoms with Crippen molar-refractivity contribution in [1.29, 1.82) is 0 Å². The van der Waals surface area contributed by atoms with Crippen LogP contribution in [-0.4, -0.2) is 0 Å². The second kappa shape index (κ2) is 7.98. The van der Waals surface area contributed by atoms with Gasteiger partial charge in [-0.1, -0.05) is 123 Å². The van der Waals surface area contributed by atoms with Crippen LogP contribution >= 0.6 is 23.2 Å². The highest BCUT2D eigenvalue weighted by Gasteiger charge is 2.64. The Labute approximate surface area is 217 Å². The normalized spacial score (nSPS) is 22.9. The summed E-state index contributed by atoms with van der Waals surface area (Å²) in [7, 11) is 0. The maximum Gasteiger partial charge on any atom is 0.103 e. The van der Waals surface area contributed by atoms with Crippen molar-refractivity contribution >= 4 is 46.5 Å². The zero-order valence-electron chi connectivity index (χ0n) is 19.8. The molecule has 0 bridgehead atoms. The molecule has 172 valence electrons. The van der Waals surface area contributed by atoms with Crippen LogP contribution in [0.25, 0.3) is 23.3 Å². The van der Waals surface area contributed by atoms with Crippen LogP contribution in [-0.2, 0) is 9.75 Å². The molecule has 0 aromatic heterocycles. The van der Waals surface area contributed by atoms with Gasteiger partial charge in [-0.25, -0.2) is 0 Å². The molecule has 0 N–H and O–H groups in total. The molecule has 0 amide bonds. The fraction of sp³-hybridized carbons (Fsp3) is 0.152. The van der Waals surface area contributed by atoms with Crippen LogP contribution < -0.4 is 0 Å². The summed E-state index contributed by atoms with van der Waals surface area (Å²) in [4.78, 5) is -1.73. The molecule has 0 nitrogen and oxygen atoms in total. The minimum absolute atomic E-state index is 0.633. The van der Waals surface area contributed by atoms with E-state index in [4.69, 9.17) is 23.2 Å². The molecule has 0 saturated heterocycles. The molecule has 0 spiro atoms. The van der Waals surface area contributed by atoms with Gasteiger partial charge in [-0.2, -0.15) is 0 Å². The second-order valence-electron chi connectivity index (χ2n) is 9.96. The Balaban J connectivity index is 1.64. The first-order valence-electron chi connectivity index (χ1n) is 12.0. The minimum Gasteiger partial charge on any atom is -0.108 e. The second-order valence-corrected chi connectivity index (χ2v) is 11.1. The fourth-order valence-corrected chi connectivity index (χ4v) is 7.06. The van der Waals surface area contributed by atoms with Gasteiger partial charge in [0.1, 0.15) is 9.75 Å². The summed E-state index contributed by atoms with van der Waals surface area (Å²) in [5.41, 5.74) is 8.26. The molecule has 2 unspecified atom stereocenters. The van der Waals surface area contributed by atoms with Crippen molar-refractivity contribution in [1.82, 2.24) is 0 Å². The first-order chi connectivity index (χ1) is 16.9. The van der Waals surface area contributed by atoms with E-state index in [2.05, 4.69) is 123 Å². The summed E-state index contributed by atoms with van der Waals surface area (Å²) >= 11 is 16.0. The molecule has 4 aromatic carbocycles. The first-order valence-corrected chi connectivity index (χ1v) is 12.8. The van der Waals surface area contributed by atoms with Gasteiger partial charge in [0.25, 0.3) is 0 Å². The van der Waals surface area contributed by atoms with Crippen LogP contribution in [0, 0.1) is 5.41 Å². The Morgan fingerprint density at radius 1 is 0.486 bits per heavy atom. The molecular formula is C33H26Cl2. The highest BCUT2D eigenvalue weighted by molar-refractivity contribution is 6.38. The molecule has 0 heterocycles. The van der Waals surface area contributed by atoms with E-state index in [-0.39, 0.29) is 0 Å². The number of fused-ring (bicyclic) bond motifs is 2. The third kappa shape index (κ3) is 3.00. The quantitative estimate of drug-likeness (QED) is 0.249. The summed E-state index contributed by atoms with van der Waals surface area (Å²) in [5, 5.41) is 0. The summed E-state index contributed by atoms with van der Waals surface area (Å²) in [6.45, 7) is 4.45. The smallest absolute Gasteiger partial charge is 0.103 e. The van der Waals surface area contributed by atoms with E-state index in [0.717, 1.165) is 44.5 Å². The molecule has 2 atom stereocenters. The molecular weight excluding hydrogens is 467 g/mol. The molecule has 0 radical (unpaired) electrons. The average molecular weight is 493 g/mol. The summed E-state index contributed by atoms with van der Waals surface area (Å²) in [6, 6.07) is 37.8. The summed E-state index contributed by atoms with van der Waals surface area (Å²) in [5.74, 6) is 0. The Hall–Kier alpha value is -3.06. The Kier molecular flexibility index (Phi) is 5.11. The van der Waals surface area contributed by atoms with Crippen molar-refractivity contribution in [3.63, 3.8) is 0 Å². The van der Waals surface area contributed by atoms with Crippen LogP contribution in [0.5, 0.6) is 0 Å². The first kappa shape index (κ1) is 22.4. The van der Waals surface area contributed by atoms with Crippen LogP contribution in [0.4, 0.5) is 0 Å². The van der Waals surface area contributed by atoms with Crippen LogP contribution in [0.1, 0.15) is 47.2 Å². The van der Waals surface area contributed by atoms with Crippen molar-refractivity contribution in [2.45, 2.75) is 23.6 Å². The van der Waals surface area contributed by atoms with E-state index in [1.165, 1.54) is 0 Å². The molecule has 2 aliphatic carbocycles. The van der Waals surface area contributed by atoms with Gasteiger partial charge in [0.05, 0.1) is 0 Å². The number of allylic oxidation sites excluding steroid dienone is 2. The number of halogens is 2. The minimum atomic E-state index is -0.863. The Morgan fingerprint density at radius 3 is 1.23 bits per heavy atom. The lowest BCUT2D eigenvalue weighted by Crippen LogP contribution is -2.49. The van der Waals surface area contributed by atoms with Gasteiger partial charge in [-0.15, -0.1) is 23.2 Å². The molecule has 2 aliphatic rings. The zero-order chi connectivity index (χ0) is 24.3. The summed E-state index contributed by atoms with van der Waals surface area (Å²) in [6.07, 6.45) is 4.48. The average Bonchev–Trinajstić information content (AvgIpc) is 3.39. The van der Waals surface area contributed by atoms with E-state index in [1.54, 1.807) is 0 Å². The topological polar surface area (TPSA) is 0 Å². The van der Waals surface area contributed by atoms with Crippen molar-refractivity contribution < 1.29 is 0 Å². The maximum atomic E-state index is 8.00. The molecule has 35 heavy (non-hydrogen) atoms. The van der Waals surface area contributed by atoms with E-state index >= 15 is 0 Å². The third-order valence-corrected chi connectivity index (χ3v) is 9.66. The van der Waals surface area contributed by atoms with Crippen LogP contribution in [0.15, 0.2) is 109 Å². The van der Waals surface area contributed by atoms with E-state index < -0.39 is 15.2 Å². The molecule has 0 fully saturated rings. The number of hydrogen-bond acceptors (Lipinski definition) is 0.